The molecule has 0 radical (unpaired) electrons. The molecule has 0 spiro atoms. The number of piperazine rings is 1. The Bertz CT molecular complexity index is 1680. The highest BCUT2D eigenvalue weighted by atomic mass is 79.9. The first-order valence-electron chi connectivity index (χ1n) is 14.9. The van der Waals surface area contributed by atoms with Crippen molar-refractivity contribution in [3.8, 4) is 5.75 Å². The van der Waals surface area contributed by atoms with E-state index in [1.54, 1.807) is 39.0 Å². The molecule has 2 aliphatic rings. The Kier molecular flexibility index (Phi) is 9.05. The van der Waals surface area contributed by atoms with E-state index < -0.39 is 7.14 Å². The molecule has 6 rings (SSSR count). The fourth-order valence-corrected chi connectivity index (χ4v) is 7.77. The lowest BCUT2D eigenvalue weighted by Crippen LogP contribution is -2.52. The average Bonchev–Trinajstić information content (AvgIpc) is 3.02. The van der Waals surface area contributed by atoms with Gasteiger partial charge in [-0.15, -0.1) is 0 Å². The van der Waals surface area contributed by atoms with Gasteiger partial charge in [0, 0.05) is 75.7 Å². The van der Waals surface area contributed by atoms with Gasteiger partial charge in [-0.05, 0) is 73.4 Å². The highest BCUT2D eigenvalue weighted by molar-refractivity contribution is 9.10. The molecule has 0 unspecified atom stereocenters. The van der Waals surface area contributed by atoms with Crippen LogP contribution < -0.4 is 25.6 Å². The van der Waals surface area contributed by atoms with Gasteiger partial charge in [-0.25, -0.2) is 4.98 Å². The molecular weight excluding hydrogens is 641 g/mol. The molecule has 232 valence electrons. The maximum absolute atomic E-state index is 13.4. The molecule has 2 saturated heterocycles. The van der Waals surface area contributed by atoms with Crippen molar-refractivity contribution >= 4 is 68.2 Å². The second-order valence-electron chi connectivity index (χ2n) is 11.8. The van der Waals surface area contributed by atoms with Crippen LogP contribution in [0.3, 0.4) is 0 Å². The second kappa shape index (κ2) is 13.0. The van der Waals surface area contributed by atoms with Gasteiger partial charge >= 0.3 is 0 Å². The average molecular weight is 681 g/mol. The second-order valence-corrected chi connectivity index (χ2v) is 15.8. The summed E-state index contributed by atoms with van der Waals surface area (Å²) < 4.78 is 19.8. The lowest BCUT2D eigenvalue weighted by Gasteiger charge is -2.42. The number of methoxy groups -OCH3 is 1. The Morgan fingerprint density at radius 2 is 1.66 bits per heavy atom. The number of anilines is 5. The van der Waals surface area contributed by atoms with Crippen molar-refractivity contribution < 1.29 is 9.30 Å². The van der Waals surface area contributed by atoms with Crippen LogP contribution >= 0.6 is 23.1 Å². The molecule has 4 aromatic rings. The van der Waals surface area contributed by atoms with E-state index in [0.29, 0.717) is 44.3 Å². The van der Waals surface area contributed by atoms with E-state index in [4.69, 9.17) is 9.72 Å². The fourth-order valence-electron chi connectivity index (χ4n) is 6.09. The number of rotatable bonds is 8. The number of hydrogen-bond acceptors (Lipinski definition) is 11. The van der Waals surface area contributed by atoms with Crippen LogP contribution in [0.1, 0.15) is 12.8 Å². The zero-order chi connectivity index (χ0) is 30.8. The minimum Gasteiger partial charge on any atom is -0.494 e. The van der Waals surface area contributed by atoms with Crippen molar-refractivity contribution in [2.24, 2.45) is 0 Å². The van der Waals surface area contributed by atoms with Crippen molar-refractivity contribution in [1.29, 1.82) is 0 Å². The van der Waals surface area contributed by atoms with Crippen LogP contribution in [0.5, 0.6) is 5.75 Å². The Hall–Kier alpha value is -3.31. The number of halogens is 1. The minimum absolute atomic E-state index is 0.396. The smallest absolute Gasteiger partial charge is 0.229 e. The summed E-state index contributed by atoms with van der Waals surface area (Å²) in [5.74, 6) is 1.64. The third-order valence-electron chi connectivity index (χ3n) is 8.46. The zero-order valence-electron chi connectivity index (χ0n) is 25.6. The summed E-state index contributed by atoms with van der Waals surface area (Å²) in [5, 5.41) is 7.31. The van der Waals surface area contributed by atoms with Gasteiger partial charge in [0.25, 0.3) is 0 Å². The first-order valence-corrected chi connectivity index (χ1v) is 18.3. The molecule has 2 aromatic heterocycles. The normalized spacial score (nSPS) is 17.2. The molecule has 44 heavy (non-hydrogen) atoms. The van der Waals surface area contributed by atoms with Gasteiger partial charge in [0.2, 0.25) is 5.95 Å². The van der Waals surface area contributed by atoms with E-state index in [1.165, 1.54) is 25.9 Å². The third kappa shape index (κ3) is 6.68. The number of nitrogens with zero attached hydrogens (tertiary/aromatic N) is 7. The maximum Gasteiger partial charge on any atom is 0.229 e. The van der Waals surface area contributed by atoms with Gasteiger partial charge in [-0.1, -0.05) is 0 Å². The predicted molar refractivity (Wildman–Crippen MR) is 182 cm³/mol. The molecule has 0 amide bonds. The van der Waals surface area contributed by atoms with Crippen LogP contribution in [0.4, 0.5) is 28.8 Å². The van der Waals surface area contributed by atoms with Crippen molar-refractivity contribution in [1.82, 2.24) is 29.7 Å². The van der Waals surface area contributed by atoms with Crippen molar-refractivity contribution in [2.75, 3.05) is 82.3 Å². The lowest BCUT2D eigenvalue weighted by molar-refractivity contribution is 0.0982. The predicted octanol–water partition coefficient (Wildman–Crippen LogP) is 5.14. The number of hydrogen-bond donors (Lipinski definition) is 2. The highest BCUT2D eigenvalue weighted by Crippen LogP contribution is 2.41. The largest absolute Gasteiger partial charge is 0.494 e. The number of piperidine rings is 1. The van der Waals surface area contributed by atoms with Crippen molar-refractivity contribution in [2.45, 2.75) is 18.9 Å². The number of benzene rings is 2. The Balaban J connectivity index is 1.18. The number of nitrogens with one attached hydrogen (secondary N) is 2. The van der Waals surface area contributed by atoms with Gasteiger partial charge in [0.05, 0.1) is 33.8 Å². The molecule has 11 nitrogen and oxygen atoms in total. The third-order valence-corrected chi connectivity index (χ3v) is 10.6. The van der Waals surface area contributed by atoms with Crippen LogP contribution in [-0.4, -0.2) is 103 Å². The molecule has 2 aliphatic heterocycles. The number of likely N-dealkylation sites (N-methyl/N-ethyl adjacent to an activating group) is 1. The van der Waals surface area contributed by atoms with Gasteiger partial charge in [-0.2, -0.15) is 4.98 Å². The van der Waals surface area contributed by atoms with Crippen LogP contribution in [0, 0.1) is 0 Å². The Labute approximate surface area is 266 Å². The quantitative estimate of drug-likeness (QED) is 0.242. The molecule has 0 saturated carbocycles. The van der Waals surface area contributed by atoms with Crippen LogP contribution in [0.15, 0.2) is 53.4 Å². The number of ether oxygens (including phenoxy) is 1. The first-order chi connectivity index (χ1) is 21.2. The summed E-state index contributed by atoms with van der Waals surface area (Å²) in [6, 6.07) is 10.6. The van der Waals surface area contributed by atoms with Gasteiger partial charge < -0.3 is 29.7 Å². The van der Waals surface area contributed by atoms with Crippen LogP contribution in [0.25, 0.3) is 11.0 Å². The van der Waals surface area contributed by atoms with E-state index in [9.17, 15) is 4.57 Å². The molecule has 0 bridgehead atoms. The summed E-state index contributed by atoms with van der Waals surface area (Å²) in [4.78, 5) is 25.6. The van der Waals surface area contributed by atoms with Gasteiger partial charge in [0.15, 0.2) is 0 Å². The van der Waals surface area contributed by atoms with Crippen LogP contribution in [0.2, 0.25) is 0 Å². The standard InChI is InChI=1S/C31H39BrN9O2P/c1-39-15-17-41(18-16-39)21-9-13-40(14-10-21)22-5-6-24(27(19-22)43-2)37-31-35-20-23(32)30(38-31)36-26-8-7-25-28(34-12-11-33-25)29(26)44(3,4)42/h5-8,11-12,19-21H,9-10,13-18H2,1-4H3,(H2,35,36,37,38). The highest BCUT2D eigenvalue weighted by Gasteiger charge is 2.27. The van der Waals surface area contributed by atoms with Crippen LogP contribution in [-0.2, 0) is 4.57 Å². The topological polar surface area (TPSA) is 112 Å². The molecule has 2 fully saturated rings. The summed E-state index contributed by atoms with van der Waals surface area (Å²) >= 11 is 3.56. The van der Waals surface area contributed by atoms with E-state index in [-0.39, 0.29) is 0 Å². The molecule has 2 N–H and O–H groups in total. The molecule has 0 aliphatic carbocycles. The summed E-state index contributed by atoms with van der Waals surface area (Å²) in [6.45, 7) is 10.2. The summed E-state index contributed by atoms with van der Waals surface area (Å²) in [7, 11) is 1.16. The lowest BCUT2D eigenvalue weighted by atomic mass is 10.0. The van der Waals surface area contributed by atoms with E-state index in [1.807, 2.05) is 18.2 Å². The number of aromatic nitrogens is 4. The molecule has 2 aromatic carbocycles. The number of fused-ring (bicyclic) bond motifs is 1. The van der Waals surface area contributed by atoms with Gasteiger partial charge in [-0.3, -0.25) is 14.9 Å². The zero-order valence-corrected chi connectivity index (χ0v) is 28.1. The minimum atomic E-state index is -2.72. The monoisotopic (exact) mass is 679 g/mol. The van der Waals surface area contributed by atoms with Crippen molar-refractivity contribution in [3.63, 3.8) is 0 Å². The van der Waals surface area contributed by atoms with Gasteiger partial charge in [0.1, 0.15) is 24.2 Å². The van der Waals surface area contributed by atoms with E-state index in [0.717, 1.165) is 43.3 Å². The van der Waals surface area contributed by atoms with Crippen molar-refractivity contribution in [3.05, 3.63) is 53.4 Å². The first kappa shape index (κ1) is 30.7. The molecule has 0 atom stereocenters. The SMILES string of the molecule is COc1cc(N2CCC(N3CCN(C)CC3)CC2)ccc1Nc1ncc(Br)c(Nc2ccc3nccnc3c2P(C)(C)=O)n1. The molecule has 4 heterocycles. The van der Waals surface area contributed by atoms with E-state index >= 15 is 0 Å². The fraction of sp³-hybridized carbons (Fsp3) is 0.419. The Morgan fingerprint density at radius 3 is 2.39 bits per heavy atom. The van der Waals surface area contributed by atoms with E-state index in [2.05, 4.69) is 75.4 Å². The summed E-state index contributed by atoms with van der Waals surface area (Å²) in [5.41, 5.74) is 3.89. The molecule has 13 heteroatoms. The maximum atomic E-state index is 13.4. The Morgan fingerprint density at radius 1 is 0.932 bits per heavy atom. The molecular formula is C31H39BrN9O2P. The summed E-state index contributed by atoms with van der Waals surface area (Å²) in [6.07, 6.45) is 7.27.